The van der Waals surface area contributed by atoms with Crippen LogP contribution in [0.1, 0.15) is 5.56 Å². The highest BCUT2D eigenvalue weighted by Crippen LogP contribution is 2.01. The van der Waals surface area contributed by atoms with Crippen molar-refractivity contribution in [2.75, 3.05) is 13.7 Å². The van der Waals surface area contributed by atoms with Crippen LogP contribution in [0.4, 0.5) is 4.79 Å². The van der Waals surface area contributed by atoms with Gasteiger partial charge in [-0.25, -0.2) is 9.59 Å². The molecular weight excluding hydrogens is 240 g/mol. The minimum absolute atomic E-state index is 0.303. The normalized spacial score (nSPS) is 11.9. The SMILES string of the molecule is CN(Cc1cnn(C)c1)C(=O)N[C@H](CO)C(=O)O. The van der Waals surface area contributed by atoms with Gasteiger partial charge in [0.05, 0.1) is 19.3 Å². The summed E-state index contributed by atoms with van der Waals surface area (Å²) in [5.41, 5.74) is 0.825. The number of carbonyl (C=O) groups excluding carboxylic acids is 1. The van der Waals surface area contributed by atoms with Crippen molar-refractivity contribution >= 4 is 12.0 Å². The van der Waals surface area contributed by atoms with Crippen LogP contribution in [-0.2, 0) is 18.4 Å². The van der Waals surface area contributed by atoms with Crippen molar-refractivity contribution in [3.63, 3.8) is 0 Å². The Hall–Kier alpha value is -2.09. The molecule has 0 aliphatic rings. The van der Waals surface area contributed by atoms with Crippen molar-refractivity contribution in [1.82, 2.24) is 20.0 Å². The molecule has 1 atom stereocenters. The fraction of sp³-hybridized carbons (Fsp3) is 0.500. The van der Waals surface area contributed by atoms with Crippen LogP contribution >= 0.6 is 0 Å². The number of aromatic nitrogens is 2. The van der Waals surface area contributed by atoms with Gasteiger partial charge in [0.15, 0.2) is 6.04 Å². The minimum atomic E-state index is -1.30. The Kier molecular flexibility index (Phi) is 4.67. The molecular formula is C10H16N4O4. The molecule has 8 nitrogen and oxygen atoms in total. The van der Waals surface area contributed by atoms with Crippen molar-refractivity contribution in [2.24, 2.45) is 7.05 Å². The zero-order valence-corrected chi connectivity index (χ0v) is 10.2. The van der Waals surface area contributed by atoms with Gasteiger partial charge < -0.3 is 20.4 Å². The van der Waals surface area contributed by atoms with Crippen LogP contribution in [-0.4, -0.2) is 56.6 Å². The molecule has 18 heavy (non-hydrogen) atoms. The number of nitrogens with zero attached hydrogens (tertiary/aromatic N) is 3. The molecule has 0 fully saturated rings. The van der Waals surface area contributed by atoms with E-state index in [1.54, 1.807) is 24.1 Å². The number of carbonyl (C=O) groups is 2. The molecule has 0 aliphatic heterocycles. The zero-order chi connectivity index (χ0) is 13.7. The van der Waals surface area contributed by atoms with E-state index in [1.807, 2.05) is 0 Å². The minimum Gasteiger partial charge on any atom is -0.480 e. The maximum Gasteiger partial charge on any atom is 0.328 e. The van der Waals surface area contributed by atoms with Crippen LogP contribution in [0.15, 0.2) is 12.4 Å². The Morgan fingerprint density at radius 1 is 1.61 bits per heavy atom. The first-order chi connectivity index (χ1) is 8.43. The van der Waals surface area contributed by atoms with E-state index in [9.17, 15) is 9.59 Å². The topological polar surface area (TPSA) is 108 Å². The number of aliphatic hydroxyl groups is 1. The van der Waals surface area contributed by atoms with Gasteiger partial charge in [-0.15, -0.1) is 0 Å². The molecule has 0 bridgehead atoms. The lowest BCUT2D eigenvalue weighted by Crippen LogP contribution is -2.48. The van der Waals surface area contributed by atoms with Crippen LogP contribution in [0, 0.1) is 0 Å². The predicted octanol–water partition coefficient (Wildman–Crippen LogP) is -0.993. The van der Waals surface area contributed by atoms with Crippen molar-refractivity contribution in [3.05, 3.63) is 18.0 Å². The maximum atomic E-state index is 11.6. The summed E-state index contributed by atoms with van der Waals surface area (Å²) in [6.07, 6.45) is 3.37. The van der Waals surface area contributed by atoms with Gasteiger partial charge in [0.1, 0.15) is 0 Å². The first kappa shape index (κ1) is 14.0. The first-order valence-corrected chi connectivity index (χ1v) is 5.27. The molecule has 0 aliphatic carbocycles. The Morgan fingerprint density at radius 3 is 2.72 bits per heavy atom. The fourth-order valence-corrected chi connectivity index (χ4v) is 1.34. The van der Waals surface area contributed by atoms with E-state index in [1.165, 1.54) is 11.9 Å². The third-order valence-electron chi connectivity index (χ3n) is 2.30. The highest BCUT2D eigenvalue weighted by Gasteiger charge is 2.20. The van der Waals surface area contributed by atoms with Gasteiger partial charge in [-0.05, 0) is 0 Å². The molecule has 1 aromatic heterocycles. The Balaban J connectivity index is 2.53. The molecule has 2 amide bonds. The third kappa shape index (κ3) is 3.74. The Labute approximate surface area is 104 Å². The van der Waals surface area contributed by atoms with Crippen LogP contribution in [0.3, 0.4) is 0 Å². The van der Waals surface area contributed by atoms with Gasteiger partial charge in [0.2, 0.25) is 0 Å². The average molecular weight is 256 g/mol. The third-order valence-corrected chi connectivity index (χ3v) is 2.30. The quantitative estimate of drug-likeness (QED) is 0.626. The zero-order valence-electron chi connectivity index (χ0n) is 10.2. The number of nitrogens with one attached hydrogen (secondary N) is 1. The van der Waals surface area contributed by atoms with Crippen LogP contribution < -0.4 is 5.32 Å². The maximum absolute atomic E-state index is 11.6. The molecule has 0 aromatic carbocycles. The summed E-state index contributed by atoms with van der Waals surface area (Å²) in [7, 11) is 3.29. The van der Waals surface area contributed by atoms with Crippen LogP contribution in [0.2, 0.25) is 0 Å². The smallest absolute Gasteiger partial charge is 0.328 e. The van der Waals surface area contributed by atoms with Crippen LogP contribution in [0.5, 0.6) is 0 Å². The lowest BCUT2D eigenvalue weighted by atomic mass is 10.3. The number of aliphatic hydroxyl groups excluding tert-OH is 1. The number of amides is 2. The van der Waals surface area contributed by atoms with E-state index in [0.717, 1.165) is 5.56 Å². The Morgan fingerprint density at radius 2 is 2.28 bits per heavy atom. The van der Waals surface area contributed by atoms with Crippen molar-refractivity contribution in [3.8, 4) is 0 Å². The molecule has 1 heterocycles. The number of carboxylic acids is 1. The summed E-state index contributed by atoms with van der Waals surface area (Å²) in [5.74, 6) is -1.28. The lowest BCUT2D eigenvalue weighted by Gasteiger charge is -2.19. The van der Waals surface area contributed by atoms with Gasteiger partial charge in [-0.2, -0.15) is 5.10 Å². The van der Waals surface area contributed by atoms with Gasteiger partial charge >= 0.3 is 12.0 Å². The van der Waals surface area contributed by atoms with Gasteiger partial charge in [-0.3, -0.25) is 4.68 Å². The summed E-state index contributed by atoms with van der Waals surface area (Å²) < 4.78 is 1.61. The summed E-state index contributed by atoms with van der Waals surface area (Å²) >= 11 is 0. The number of urea groups is 1. The van der Waals surface area contributed by atoms with Gasteiger partial charge in [-0.1, -0.05) is 0 Å². The van der Waals surface area contributed by atoms with E-state index >= 15 is 0 Å². The number of carboxylic acid groups (broad SMARTS) is 1. The number of rotatable bonds is 5. The molecule has 0 unspecified atom stereocenters. The highest BCUT2D eigenvalue weighted by molar-refractivity contribution is 5.82. The predicted molar refractivity (Wildman–Crippen MR) is 61.7 cm³/mol. The average Bonchev–Trinajstić information content (AvgIpc) is 2.70. The molecule has 0 saturated carbocycles. The fourth-order valence-electron chi connectivity index (χ4n) is 1.34. The first-order valence-electron chi connectivity index (χ1n) is 5.27. The largest absolute Gasteiger partial charge is 0.480 e. The molecule has 1 aromatic rings. The monoisotopic (exact) mass is 256 g/mol. The number of hydrogen-bond donors (Lipinski definition) is 3. The standard InChI is InChI=1S/C10H16N4O4/c1-13(4-7-3-11-14(2)5-7)10(18)12-8(6-15)9(16)17/h3,5,8,15H,4,6H2,1-2H3,(H,12,18)(H,16,17)/t8-/m1/s1. The molecule has 0 saturated heterocycles. The van der Waals surface area contributed by atoms with Crippen molar-refractivity contribution in [1.29, 1.82) is 0 Å². The molecule has 1 rings (SSSR count). The number of hydrogen-bond acceptors (Lipinski definition) is 4. The summed E-state index contributed by atoms with van der Waals surface area (Å²) in [6, 6.07) is -1.87. The van der Waals surface area contributed by atoms with Crippen molar-refractivity contribution < 1.29 is 19.8 Å². The summed E-state index contributed by atoms with van der Waals surface area (Å²) in [5, 5.41) is 23.6. The van der Waals surface area contributed by atoms with Crippen molar-refractivity contribution in [2.45, 2.75) is 12.6 Å². The van der Waals surface area contributed by atoms with E-state index in [0.29, 0.717) is 6.54 Å². The lowest BCUT2D eigenvalue weighted by molar-refractivity contribution is -0.140. The Bertz CT molecular complexity index is 431. The molecule has 100 valence electrons. The highest BCUT2D eigenvalue weighted by atomic mass is 16.4. The van der Waals surface area contributed by atoms with E-state index in [2.05, 4.69) is 10.4 Å². The van der Waals surface area contributed by atoms with E-state index < -0.39 is 24.6 Å². The summed E-state index contributed by atoms with van der Waals surface area (Å²) in [6.45, 7) is -0.348. The number of aliphatic carboxylic acids is 1. The van der Waals surface area contributed by atoms with Gasteiger partial charge in [0, 0.05) is 25.9 Å². The summed E-state index contributed by atoms with van der Waals surface area (Å²) in [4.78, 5) is 23.6. The second-order valence-electron chi connectivity index (χ2n) is 3.90. The molecule has 8 heteroatoms. The molecule has 3 N–H and O–H groups in total. The number of aryl methyl sites for hydroxylation is 1. The molecule has 0 spiro atoms. The second-order valence-corrected chi connectivity index (χ2v) is 3.90. The van der Waals surface area contributed by atoms with Gasteiger partial charge in [0.25, 0.3) is 0 Å². The van der Waals surface area contributed by atoms with Crippen LogP contribution in [0.25, 0.3) is 0 Å². The molecule has 0 radical (unpaired) electrons. The second kappa shape index (κ2) is 6.01. The van der Waals surface area contributed by atoms with E-state index in [4.69, 9.17) is 10.2 Å². The van der Waals surface area contributed by atoms with E-state index in [-0.39, 0.29) is 0 Å².